The van der Waals surface area contributed by atoms with Gasteiger partial charge in [-0.05, 0) is 30.7 Å². The van der Waals surface area contributed by atoms with Crippen molar-refractivity contribution in [1.29, 1.82) is 0 Å². The van der Waals surface area contributed by atoms with E-state index in [0.717, 1.165) is 50.7 Å². The van der Waals surface area contributed by atoms with E-state index in [1.54, 1.807) is 6.07 Å². The number of rotatable bonds is 4. The Hall–Kier alpha value is -1.85. The van der Waals surface area contributed by atoms with Crippen molar-refractivity contribution in [3.05, 3.63) is 59.4 Å². The molecule has 1 saturated heterocycles. The fourth-order valence-electron chi connectivity index (χ4n) is 2.73. The summed E-state index contributed by atoms with van der Waals surface area (Å²) in [5.74, 6) is -0.278. The van der Waals surface area contributed by atoms with Crippen molar-refractivity contribution < 1.29 is 4.39 Å². The molecule has 0 radical (unpaired) electrons. The van der Waals surface area contributed by atoms with E-state index in [-0.39, 0.29) is 5.82 Å². The van der Waals surface area contributed by atoms with Crippen LogP contribution in [0.25, 0.3) is 0 Å². The highest BCUT2D eigenvalue weighted by molar-refractivity contribution is 5.17. The number of pyridine rings is 2. The van der Waals surface area contributed by atoms with E-state index in [1.807, 2.05) is 12.3 Å². The van der Waals surface area contributed by atoms with Gasteiger partial charge in [-0.25, -0.2) is 4.39 Å². The van der Waals surface area contributed by atoms with Crippen molar-refractivity contribution in [3.63, 3.8) is 0 Å². The van der Waals surface area contributed by atoms with Gasteiger partial charge in [0.1, 0.15) is 5.82 Å². The maximum atomic E-state index is 12.9. The molecule has 0 N–H and O–H groups in total. The molecule has 1 aliphatic heterocycles. The molecule has 22 heavy (non-hydrogen) atoms. The third kappa shape index (κ3) is 3.87. The van der Waals surface area contributed by atoms with Gasteiger partial charge in [-0.1, -0.05) is 6.07 Å². The number of hydrogen-bond donors (Lipinski definition) is 0. The molecule has 0 aromatic carbocycles. The first-order valence-corrected chi connectivity index (χ1v) is 7.66. The first-order chi connectivity index (χ1) is 10.7. The van der Waals surface area contributed by atoms with Crippen molar-refractivity contribution in [1.82, 2.24) is 19.8 Å². The SMILES string of the molecule is Cc1cccnc1CN1CCN(Cc2ccc(F)cn2)CC1. The first-order valence-electron chi connectivity index (χ1n) is 7.66. The molecule has 0 amide bonds. The second kappa shape index (κ2) is 6.94. The summed E-state index contributed by atoms with van der Waals surface area (Å²) in [6.45, 7) is 7.87. The minimum atomic E-state index is -0.278. The Kier molecular flexibility index (Phi) is 4.75. The molecule has 2 aromatic rings. The van der Waals surface area contributed by atoms with Crippen LogP contribution in [0, 0.1) is 12.7 Å². The number of hydrogen-bond acceptors (Lipinski definition) is 4. The molecule has 0 spiro atoms. The molecule has 0 aliphatic carbocycles. The average molecular weight is 300 g/mol. The van der Waals surface area contributed by atoms with E-state index in [1.165, 1.54) is 17.8 Å². The Labute approximate surface area is 130 Å². The van der Waals surface area contributed by atoms with E-state index >= 15 is 0 Å². The smallest absolute Gasteiger partial charge is 0.141 e. The number of halogens is 1. The summed E-state index contributed by atoms with van der Waals surface area (Å²) >= 11 is 0. The third-order valence-electron chi connectivity index (χ3n) is 4.13. The molecule has 1 aliphatic rings. The fourth-order valence-corrected chi connectivity index (χ4v) is 2.73. The van der Waals surface area contributed by atoms with Gasteiger partial charge in [0.25, 0.3) is 0 Å². The number of nitrogens with zero attached hydrogens (tertiary/aromatic N) is 4. The predicted molar refractivity (Wildman–Crippen MR) is 83.7 cm³/mol. The summed E-state index contributed by atoms with van der Waals surface area (Å²) in [7, 11) is 0. The molecular weight excluding hydrogens is 279 g/mol. The molecular formula is C17H21FN4. The third-order valence-corrected chi connectivity index (χ3v) is 4.13. The summed E-state index contributed by atoms with van der Waals surface area (Å²) in [6.07, 6.45) is 3.15. The maximum absolute atomic E-state index is 12.9. The molecule has 3 heterocycles. The van der Waals surface area contributed by atoms with Gasteiger partial charge in [0, 0.05) is 45.5 Å². The minimum absolute atomic E-state index is 0.278. The lowest BCUT2D eigenvalue weighted by molar-refractivity contribution is 0.120. The lowest BCUT2D eigenvalue weighted by Crippen LogP contribution is -2.45. The zero-order valence-electron chi connectivity index (χ0n) is 12.9. The van der Waals surface area contributed by atoms with Crippen LogP contribution in [0.15, 0.2) is 36.7 Å². The Balaban J connectivity index is 1.50. The summed E-state index contributed by atoms with van der Waals surface area (Å²) in [6, 6.07) is 7.33. The van der Waals surface area contributed by atoms with Crippen LogP contribution < -0.4 is 0 Å². The Bertz CT molecular complexity index is 606. The standard InChI is InChI=1S/C17H21FN4/c1-14-3-2-6-19-17(14)13-22-9-7-21(8-10-22)12-16-5-4-15(18)11-20-16/h2-6,11H,7-10,12-13H2,1H3. The normalized spacial score (nSPS) is 16.8. The summed E-state index contributed by atoms with van der Waals surface area (Å²) in [5, 5.41) is 0. The van der Waals surface area contributed by atoms with Gasteiger partial charge in [-0.15, -0.1) is 0 Å². The van der Waals surface area contributed by atoms with Gasteiger partial charge in [0.15, 0.2) is 0 Å². The van der Waals surface area contributed by atoms with E-state index in [9.17, 15) is 4.39 Å². The van der Waals surface area contributed by atoms with Crippen LogP contribution in [0.5, 0.6) is 0 Å². The van der Waals surface area contributed by atoms with Crippen molar-refractivity contribution in [2.45, 2.75) is 20.0 Å². The van der Waals surface area contributed by atoms with Crippen LogP contribution in [0.1, 0.15) is 17.0 Å². The van der Waals surface area contributed by atoms with Gasteiger partial charge in [0.2, 0.25) is 0 Å². The van der Waals surface area contributed by atoms with Crippen LogP contribution in [0.4, 0.5) is 4.39 Å². The molecule has 2 aromatic heterocycles. The Morgan fingerprint density at radius 3 is 2.36 bits per heavy atom. The summed E-state index contributed by atoms with van der Waals surface area (Å²) in [5.41, 5.74) is 3.34. The largest absolute Gasteiger partial charge is 0.295 e. The van der Waals surface area contributed by atoms with Crippen LogP contribution in [-0.2, 0) is 13.1 Å². The molecule has 4 nitrogen and oxygen atoms in total. The second-order valence-electron chi connectivity index (χ2n) is 5.79. The number of piperazine rings is 1. The minimum Gasteiger partial charge on any atom is -0.295 e. The molecule has 116 valence electrons. The maximum Gasteiger partial charge on any atom is 0.141 e. The van der Waals surface area contributed by atoms with Crippen molar-refractivity contribution in [3.8, 4) is 0 Å². The fraction of sp³-hybridized carbons (Fsp3) is 0.412. The predicted octanol–water partition coefficient (Wildman–Crippen LogP) is 2.24. The lowest BCUT2D eigenvalue weighted by atomic mass is 10.2. The monoisotopic (exact) mass is 300 g/mol. The van der Waals surface area contributed by atoms with Crippen molar-refractivity contribution in [2.75, 3.05) is 26.2 Å². The average Bonchev–Trinajstić information content (AvgIpc) is 2.54. The van der Waals surface area contributed by atoms with E-state index in [0.29, 0.717) is 0 Å². The lowest BCUT2D eigenvalue weighted by Gasteiger charge is -2.34. The van der Waals surface area contributed by atoms with Crippen molar-refractivity contribution >= 4 is 0 Å². The van der Waals surface area contributed by atoms with Crippen LogP contribution in [0.2, 0.25) is 0 Å². The zero-order valence-corrected chi connectivity index (χ0v) is 12.9. The second-order valence-corrected chi connectivity index (χ2v) is 5.79. The topological polar surface area (TPSA) is 32.3 Å². The van der Waals surface area contributed by atoms with Crippen LogP contribution in [0.3, 0.4) is 0 Å². The number of aryl methyl sites for hydroxylation is 1. The van der Waals surface area contributed by atoms with Gasteiger partial charge in [0.05, 0.1) is 17.6 Å². The molecule has 0 atom stereocenters. The molecule has 0 bridgehead atoms. The van der Waals surface area contributed by atoms with Crippen LogP contribution in [-0.4, -0.2) is 45.9 Å². The molecule has 0 unspecified atom stereocenters. The first kappa shape index (κ1) is 15.1. The Morgan fingerprint density at radius 2 is 1.73 bits per heavy atom. The molecule has 0 saturated carbocycles. The Morgan fingerprint density at radius 1 is 1.00 bits per heavy atom. The highest BCUT2D eigenvalue weighted by atomic mass is 19.1. The highest BCUT2D eigenvalue weighted by Crippen LogP contribution is 2.11. The summed E-state index contributed by atoms with van der Waals surface area (Å²) < 4.78 is 12.9. The van der Waals surface area contributed by atoms with Gasteiger partial charge in [-0.3, -0.25) is 19.8 Å². The van der Waals surface area contributed by atoms with E-state index < -0.39 is 0 Å². The van der Waals surface area contributed by atoms with E-state index in [4.69, 9.17) is 0 Å². The van der Waals surface area contributed by atoms with Crippen molar-refractivity contribution in [2.24, 2.45) is 0 Å². The molecule has 3 rings (SSSR count). The summed E-state index contributed by atoms with van der Waals surface area (Å²) in [4.78, 5) is 13.4. The highest BCUT2D eigenvalue weighted by Gasteiger charge is 2.18. The molecule has 1 fully saturated rings. The van der Waals surface area contributed by atoms with Gasteiger partial charge >= 0.3 is 0 Å². The molecule has 5 heteroatoms. The van der Waals surface area contributed by atoms with E-state index in [2.05, 4.69) is 32.8 Å². The van der Waals surface area contributed by atoms with Gasteiger partial charge in [-0.2, -0.15) is 0 Å². The number of aromatic nitrogens is 2. The quantitative estimate of drug-likeness (QED) is 0.867. The van der Waals surface area contributed by atoms with Gasteiger partial charge < -0.3 is 0 Å². The zero-order chi connectivity index (χ0) is 15.4. The van der Waals surface area contributed by atoms with Crippen LogP contribution >= 0.6 is 0 Å².